The van der Waals surface area contributed by atoms with Gasteiger partial charge in [-0.3, -0.25) is 14.7 Å². The second-order valence-corrected chi connectivity index (χ2v) is 8.06. The van der Waals surface area contributed by atoms with Gasteiger partial charge in [0.2, 0.25) is 0 Å². The van der Waals surface area contributed by atoms with Crippen molar-refractivity contribution in [1.82, 2.24) is 25.0 Å². The Morgan fingerprint density at radius 1 is 1.23 bits per heavy atom. The summed E-state index contributed by atoms with van der Waals surface area (Å²) in [5.74, 6) is 0.280. The number of hydrogen-bond donors (Lipinski definition) is 2. The molecule has 1 aliphatic heterocycles. The average molecular weight is 420 g/mol. The third-order valence-electron chi connectivity index (χ3n) is 5.70. The molecule has 3 aromatic rings. The summed E-state index contributed by atoms with van der Waals surface area (Å²) >= 11 is 0. The number of nitrogens with one attached hydrogen (secondary N) is 1. The number of rotatable bonds is 6. The Morgan fingerprint density at radius 2 is 2.03 bits per heavy atom. The second-order valence-electron chi connectivity index (χ2n) is 8.06. The molecule has 2 N–H and O–H groups in total. The number of amides is 1. The normalized spacial score (nSPS) is 16.9. The fourth-order valence-corrected chi connectivity index (χ4v) is 4.19. The van der Waals surface area contributed by atoms with Gasteiger partial charge in [-0.2, -0.15) is 5.10 Å². The number of aryl methyl sites for hydroxylation is 1. The second kappa shape index (κ2) is 9.31. The lowest BCUT2D eigenvalue weighted by molar-refractivity contribution is 0.0953. The van der Waals surface area contributed by atoms with Gasteiger partial charge in [0, 0.05) is 37.4 Å². The molecule has 3 heterocycles. The minimum Gasteiger partial charge on any atom is -0.506 e. The average Bonchev–Trinajstić information content (AvgIpc) is 3.23. The standard InChI is InChI=1S/C24H29N5O2/c1-3-25-24(31)20-15-29(19-9-5-4-6-10-19)27-23(20)18-8-7-13-28(14-18)16-21-22(30)12-11-17(2)26-21/h4-6,9-12,15,18,30H,3,7-8,13-14,16H2,1-2H3,(H,25,31)/t18-/m0/s1. The van der Waals surface area contributed by atoms with Crippen LogP contribution in [-0.2, 0) is 6.54 Å². The van der Waals surface area contributed by atoms with E-state index in [0.717, 1.165) is 43.0 Å². The molecule has 0 unspecified atom stereocenters. The molecule has 0 saturated carbocycles. The van der Waals surface area contributed by atoms with Gasteiger partial charge >= 0.3 is 0 Å². The number of carbonyl (C=O) groups is 1. The third kappa shape index (κ3) is 4.77. The lowest BCUT2D eigenvalue weighted by Crippen LogP contribution is -2.35. The van der Waals surface area contributed by atoms with Gasteiger partial charge in [-0.25, -0.2) is 4.68 Å². The van der Waals surface area contributed by atoms with Crippen LogP contribution < -0.4 is 5.32 Å². The van der Waals surface area contributed by atoms with E-state index in [1.165, 1.54) is 0 Å². The Morgan fingerprint density at radius 3 is 2.81 bits per heavy atom. The van der Waals surface area contributed by atoms with E-state index in [4.69, 9.17) is 5.10 Å². The zero-order valence-corrected chi connectivity index (χ0v) is 18.1. The van der Waals surface area contributed by atoms with Crippen LogP contribution in [0.15, 0.2) is 48.7 Å². The Bertz CT molecular complexity index is 1050. The van der Waals surface area contributed by atoms with Crippen molar-refractivity contribution < 1.29 is 9.90 Å². The first-order valence-electron chi connectivity index (χ1n) is 10.9. The van der Waals surface area contributed by atoms with Gasteiger partial charge in [0.1, 0.15) is 5.75 Å². The van der Waals surface area contributed by atoms with Crippen molar-refractivity contribution in [2.75, 3.05) is 19.6 Å². The Labute approximate surface area is 182 Å². The molecule has 31 heavy (non-hydrogen) atoms. The van der Waals surface area contributed by atoms with E-state index in [1.807, 2.05) is 56.4 Å². The predicted octanol–water partition coefficient (Wildman–Crippen LogP) is 3.41. The number of likely N-dealkylation sites (tertiary alicyclic amines) is 1. The van der Waals surface area contributed by atoms with Crippen molar-refractivity contribution >= 4 is 5.91 Å². The Balaban J connectivity index is 1.60. The summed E-state index contributed by atoms with van der Waals surface area (Å²) in [4.78, 5) is 19.6. The first-order chi connectivity index (χ1) is 15.0. The Kier molecular flexibility index (Phi) is 6.32. The van der Waals surface area contributed by atoms with Crippen LogP contribution in [0.25, 0.3) is 5.69 Å². The van der Waals surface area contributed by atoms with Crippen LogP contribution in [0.5, 0.6) is 5.75 Å². The third-order valence-corrected chi connectivity index (χ3v) is 5.70. The van der Waals surface area contributed by atoms with Crippen LogP contribution in [0.3, 0.4) is 0 Å². The molecule has 1 amide bonds. The van der Waals surface area contributed by atoms with Gasteiger partial charge in [-0.15, -0.1) is 0 Å². The SMILES string of the molecule is CCNC(=O)c1cn(-c2ccccc2)nc1[C@H]1CCCN(Cc2nc(C)ccc2O)C1. The number of benzene rings is 1. The first kappa shape index (κ1) is 21.1. The van der Waals surface area contributed by atoms with Crippen molar-refractivity contribution in [2.24, 2.45) is 0 Å². The number of piperidine rings is 1. The number of carbonyl (C=O) groups excluding carboxylic acids is 1. The maximum absolute atomic E-state index is 12.8. The fourth-order valence-electron chi connectivity index (χ4n) is 4.19. The highest BCUT2D eigenvalue weighted by atomic mass is 16.3. The highest BCUT2D eigenvalue weighted by Gasteiger charge is 2.29. The van der Waals surface area contributed by atoms with Crippen LogP contribution in [0, 0.1) is 6.92 Å². The van der Waals surface area contributed by atoms with Crippen LogP contribution in [0.2, 0.25) is 0 Å². The van der Waals surface area contributed by atoms with E-state index in [1.54, 1.807) is 10.7 Å². The molecule has 1 aliphatic rings. The summed E-state index contributed by atoms with van der Waals surface area (Å²) in [6.45, 7) is 6.71. The summed E-state index contributed by atoms with van der Waals surface area (Å²) in [5, 5.41) is 18.0. The van der Waals surface area contributed by atoms with Gasteiger partial charge in [0.05, 0.1) is 22.6 Å². The minimum absolute atomic E-state index is 0.0881. The fraction of sp³-hybridized carbons (Fsp3) is 0.375. The molecular weight excluding hydrogens is 390 g/mol. The molecule has 1 aromatic carbocycles. The quantitative estimate of drug-likeness (QED) is 0.640. The zero-order valence-electron chi connectivity index (χ0n) is 18.1. The summed E-state index contributed by atoms with van der Waals surface area (Å²) in [5.41, 5.74) is 3.98. The zero-order chi connectivity index (χ0) is 21.8. The molecule has 7 nitrogen and oxygen atoms in total. The van der Waals surface area contributed by atoms with E-state index in [2.05, 4.69) is 15.2 Å². The van der Waals surface area contributed by atoms with E-state index in [-0.39, 0.29) is 17.6 Å². The van der Waals surface area contributed by atoms with Crippen molar-refractivity contribution in [1.29, 1.82) is 0 Å². The molecule has 1 atom stereocenters. The number of aromatic hydroxyl groups is 1. The number of pyridine rings is 1. The lowest BCUT2D eigenvalue weighted by atomic mass is 9.92. The number of para-hydroxylation sites is 1. The van der Waals surface area contributed by atoms with E-state index >= 15 is 0 Å². The summed E-state index contributed by atoms with van der Waals surface area (Å²) < 4.78 is 1.80. The number of nitrogens with zero attached hydrogens (tertiary/aromatic N) is 4. The number of aromatic nitrogens is 3. The maximum Gasteiger partial charge on any atom is 0.254 e. The monoisotopic (exact) mass is 419 g/mol. The van der Waals surface area contributed by atoms with Crippen molar-refractivity contribution in [3.8, 4) is 11.4 Å². The smallest absolute Gasteiger partial charge is 0.254 e. The predicted molar refractivity (Wildman–Crippen MR) is 119 cm³/mol. The molecule has 0 aliphatic carbocycles. The summed E-state index contributed by atoms with van der Waals surface area (Å²) in [6.07, 6.45) is 3.81. The molecule has 0 radical (unpaired) electrons. The lowest BCUT2D eigenvalue weighted by Gasteiger charge is -2.32. The molecule has 0 spiro atoms. The topological polar surface area (TPSA) is 83.3 Å². The van der Waals surface area contributed by atoms with Gasteiger partial charge in [0.15, 0.2) is 0 Å². The molecule has 1 saturated heterocycles. The minimum atomic E-state index is -0.0881. The highest BCUT2D eigenvalue weighted by Crippen LogP contribution is 2.30. The summed E-state index contributed by atoms with van der Waals surface area (Å²) in [6, 6.07) is 13.4. The van der Waals surface area contributed by atoms with Gasteiger partial charge in [-0.05, 0) is 57.5 Å². The van der Waals surface area contributed by atoms with Crippen LogP contribution in [0.4, 0.5) is 0 Å². The largest absolute Gasteiger partial charge is 0.506 e. The molecule has 162 valence electrons. The van der Waals surface area contributed by atoms with Gasteiger partial charge in [-0.1, -0.05) is 18.2 Å². The van der Waals surface area contributed by atoms with E-state index in [0.29, 0.717) is 24.3 Å². The molecule has 2 aromatic heterocycles. The van der Waals surface area contributed by atoms with Crippen LogP contribution in [0.1, 0.15) is 53.1 Å². The van der Waals surface area contributed by atoms with Crippen molar-refractivity contribution in [3.05, 3.63) is 71.3 Å². The van der Waals surface area contributed by atoms with Crippen LogP contribution in [-0.4, -0.2) is 50.3 Å². The maximum atomic E-state index is 12.8. The molecule has 0 bridgehead atoms. The van der Waals surface area contributed by atoms with Crippen molar-refractivity contribution in [2.45, 2.75) is 39.2 Å². The van der Waals surface area contributed by atoms with Gasteiger partial charge < -0.3 is 10.4 Å². The summed E-state index contributed by atoms with van der Waals surface area (Å²) in [7, 11) is 0. The number of hydrogen-bond acceptors (Lipinski definition) is 5. The molecule has 7 heteroatoms. The van der Waals surface area contributed by atoms with E-state index in [9.17, 15) is 9.90 Å². The van der Waals surface area contributed by atoms with Crippen LogP contribution >= 0.6 is 0 Å². The van der Waals surface area contributed by atoms with E-state index < -0.39 is 0 Å². The Hall–Kier alpha value is -3.19. The first-order valence-corrected chi connectivity index (χ1v) is 10.9. The highest BCUT2D eigenvalue weighted by molar-refractivity contribution is 5.95. The van der Waals surface area contributed by atoms with Gasteiger partial charge in [0.25, 0.3) is 5.91 Å². The van der Waals surface area contributed by atoms with Crippen molar-refractivity contribution in [3.63, 3.8) is 0 Å². The molecule has 1 fully saturated rings. The molecular formula is C24H29N5O2. The molecule has 4 rings (SSSR count).